The molecule has 2 N–H and O–H groups in total. The van der Waals surface area contributed by atoms with Crippen LogP contribution in [0.2, 0.25) is 0 Å². The van der Waals surface area contributed by atoms with E-state index in [-0.39, 0.29) is 11.6 Å². The van der Waals surface area contributed by atoms with Gasteiger partial charge in [0.15, 0.2) is 0 Å². The third kappa shape index (κ3) is 5.11. The van der Waals surface area contributed by atoms with Crippen molar-refractivity contribution in [3.63, 3.8) is 0 Å². The number of aromatic amines is 2. The summed E-state index contributed by atoms with van der Waals surface area (Å²) in [6, 6.07) is 12.4. The van der Waals surface area contributed by atoms with E-state index in [9.17, 15) is 4.79 Å². The van der Waals surface area contributed by atoms with Gasteiger partial charge in [0.25, 0.3) is 0 Å². The molecule has 1 saturated carbocycles. The summed E-state index contributed by atoms with van der Waals surface area (Å²) >= 11 is 0. The minimum absolute atomic E-state index is 0.210. The standard InChI is InChI=1S/C29H37N5O2/c1-28(2,3)36-27(35)34(20-21-11-6-4-7-12-21)29(15-8-5-9-16-29)17-10-13-23-25-22-14-18-30-26(22)31-19-24(25)33-32-23/h4,6-7,11-12,14,18-19H,5,8-10,13,15-17,20H2,1-3H3,(H,30,31)(H,32,33). The maximum absolute atomic E-state index is 13.6. The number of aryl methyl sites for hydroxylation is 1. The van der Waals surface area contributed by atoms with Crippen LogP contribution in [-0.4, -0.2) is 42.3 Å². The van der Waals surface area contributed by atoms with Gasteiger partial charge < -0.3 is 9.72 Å². The lowest BCUT2D eigenvalue weighted by molar-refractivity contribution is -0.0203. The molecule has 1 aliphatic carbocycles. The second kappa shape index (κ2) is 9.96. The first-order chi connectivity index (χ1) is 17.3. The van der Waals surface area contributed by atoms with Gasteiger partial charge in [-0.05, 0) is 64.5 Å². The minimum atomic E-state index is -0.536. The van der Waals surface area contributed by atoms with Crippen molar-refractivity contribution < 1.29 is 9.53 Å². The number of hydrogen-bond acceptors (Lipinski definition) is 4. The van der Waals surface area contributed by atoms with Crippen LogP contribution in [0.25, 0.3) is 21.9 Å². The zero-order chi connectivity index (χ0) is 25.2. The van der Waals surface area contributed by atoms with Gasteiger partial charge in [0.05, 0.1) is 17.4 Å². The Morgan fingerprint density at radius 1 is 1.11 bits per heavy atom. The van der Waals surface area contributed by atoms with Crippen LogP contribution in [0.3, 0.4) is 0 Å². The van der Waals surface area contributed by atoms with E-state index in [4.69, 9.17) is 4.74 Å². The molecule has 36 heavy (non-hydrogen) atoms. The van der Waals surface area contributed by atoms with Gasteiger partial charge in [-0.3, -0.25) is 10.00 Å². The molecule has 4 aromatic rings. The predicted molar refractivity (Wildman–Crippen MR) is 143 cm³/mol. The van der Waals surface area contributed by atoms with Crippen molar-refractivity contribution in [2.24, 2.45) is 0 Å². The molecule has 0 atom stereocenters. The number of hydrogen-bond donors (Lipinski definition) is 2. The monoisotopic (exact) mass is 487 g/mol. The highest BCUT2D eigenvalue weighted by Crippen LogP contribution is 2.40. The smallest absolute Gasteiger partial charge is 0.411 e. The normalized spacial score (nSPS) is 15.9. The number of pyridine rings is 1. The van der Waals surface area contributed by atoms with Gasteiger partial charge in [0.2, 0.25) is 0 Å². The Morgan fingerprint density at radius 3 is 2.64 bits per heavy atom. The molecule has 0 saturated heterocycles. The van der Waals surface area contributed by atoms with Crippen LogP contribution in [0.15, 0.2) is 48.8 Å². The first-order valence-corrected chi connectivity index (χ1v) is 13.2. The molecule has 7 nitrogen and oxygen atoms in total. The van der Waals surface area contributed by atoms with Crippen LogP contribution in [0.5, 0.6) is 0 Å². The number of H-pyrrole nitrogens is 2. The number of amides is 1. The fraction of sp³-hybridized carbons (Fsp3) is 0.483. The lowest BCUT2D eigenvalue weighted by atomic mass is 9.76. The van der Waals surface area contributed by atoms with E-state index in [1.54, 1.807) is 0 Å². The lowest BCUT2D eigenvalue weighted by Crippen LogP contribution is -2.53. The Kier molecular flexibility index (Phi) is 6.73. The van der Waals surface area contributed by atoms with Crippen LogP contribution in [0, 0.1) is 0 Å². The molecule has 1 fully saturated rings. The number of benzene rings is 1. The highest BCUT2D eigenvalue weighted by atomic mass is 16.6. The minimum Gasteiger partial charge on any atom is -0.444 e. The Morgan fingerprint density at radius 2 is 1.89 bits per heavy atom. The molecule has 0 spiro atoms. The number of rotatable bonds is 7. The second-order valence-corrected chi connectivity index (χ2v) is 11.1. The number of ether oxygens (including phenoxy) is 1. The molecule has 5 rings (SSSR count). The SMILES string of the molecule is CC(C)(C)OC(=O)N(Cc1ccccc1)C1(CCCc2n[nH]c3cnc4[nH]ccc4c23)CCCCC1. The van der Waals surface area contributed by atoms with Crippen molar-refractivity contribution in [1.82, 2.24) is 25.1 Å². The van der Waals surface area contributed by atoms with Crippen molar-refractivity contribution in [3.05, 3.63) is 60.0 Å². The lowest BCUT2D eigenvalue weighted by Gasteiger charge is -2.47. The third-order valence-corrected chi connectivity index (χ3v) is 7.40. The highest BCUT2D eigenvalue weighted by Gasteiger charge is 2.42. The Balaban J connectivity index is 1.41. The first kappa shape index (κ1) is 24.3. The van der Waals surface area contributed by atoms with Crippen molar-refractivity contribution in [1.29, 1.82) is 0 Å². The molecule has 0 radical (unpaired) electrons. The van der Waals surface area contributed by atoms with E-state index < -0.39 is 5.60 Å². The summed E-state index contributed by atoms with van der Waals surface area (Å²) in [7, 11) is 0. The van der Waals surface area contributed by atoms with E-state index in [2.05, 4.69) is 38.4 Å². The first-order valence-electron chi connectivity index (χ1n) is 13.2. The molecular formula is C29H37N5O2. The molecule has 0 bridgehead atoms. The van der Waals surface area contributed by atoms with E-state index in [0.29, 0.717) is 6.54 Å². The van der Waals surface area contributed by atoms with E-state index in [1.165, 1.54) is 6.42 Å². The van der Waals surface area contributed by atoms with Crippen LogP contribution in [0.1, 0.15) is 77.0 Å². The van der Waals surface area contributed by atoms with Crippen LogP contribution >= 0.6 is 0 Å². The van der Waals surface area contributed by atoms with Gasteiger partial charge in [-0.2, -0.15) is 5.10 Å². The predicted octanol–water partition coefficient (Wildman–Crippen LogP) is 6.90. The van der Waals surface area contributed by atoms with Crippen LogP contribution < -0.4 is 0 Å². The molecule has 1 amide bonds. The molecule has 190 valence electrons. The zero-order valence-corrected chi connectivity index (χ0v) is 21.6. The molecule has 0 aliphatic heterocycles. The summed E-state index contributed by atoms with van der Waals surface area (Å²) in [5.74, 6) is 0. The average molecular weight is 488 g/mol. The molecule has 7 heteroatoms. The van der Waals surface area contributed by atoms with Crippen molar-refractivity contribution in [2.75, 3.05) is 0 Å². The van der Waals surface area contributed by atoms with Gasteiger partial charge in [-0.25, -0.2) is 9.78 Å². The summed E-state index contributed by atoms with van der Waals surface area (Å²) < 4.78 is 5.96. The maximum atomic E-state index is 13.6. The number of fused-ring (bicyclic) bond motifs is 3. The largest absolute Gasteiger partial charge is 0.444 e. The summed E-state index contributed by atoms with van der Waals surface area (Å²) in [6.07, 6.45) is 11.8. The van der Waals surface area contributed by atoms with E-state index >= 15 is 0 Å². The molecule has 3 heterocycles. The number of aromatic nitrogens is 4. The van der Waals surface area contributed by atoms with Gasteiger partial charge >= 0.3 is 6.09 Å². The summed E-state index contributed by atoms with van der Waals surface area (Å²) in [5.41, 5.74) is 3.29. The fourth-order valence-corrected chi connectivity index (χ4v) is 5.73. The zero-order valence-electron chi connectivity index (χ0n) is 21.6. The summed E-state index contributed by atoms with van der Waals surface area (Å²) in [5, 5.41) is 10.0. The van der Waals surface area contributed by atoms with Gasteiger partial charge in [-0.1, -0.05) is 49.6 Å². The quantitative estimate of drug-likeness (QED) is 0.297. The highest BCUT2D eigenvalue weighted by molar-refractivity contribution is 6.04. The van der Waals surface area contributed by atoms with E-state index in [0.717, 1.165) is 78.1 Å². The van der Waals surface area contributed by atoms with Gasteiger partial charge in [-0.15, -0.1) is 0 Å². The number of nitrogens with zero attached hydrogens (tertiary/aromatic N) is 3. The van der Waals surface area contributed by atoms with Crippen molar-refractivity contribution in [2.45, 2.75) is 89.8 Å². The Bertz CT molecular complexity index is 1310. The summed E-state index contributed by atoms with van der Waals surface area (Å²) in [4.78, 5) is 23.3. The molecule has 0 unspecified atom stereocenters. The van der Waals surface area contributed by atoms with Gasteiger partial charge in [0.1, 0.15) is 11.2 Å². The topological polar surface area (TPSA) is 86.9 Å². The maximum Gasteiger partial charge on any atom is 0.411 e. The van der Waals surface area contributed by atoms with Crippen LogP contribution in [0.4, 0.5) is 4.79 Å². The van der Waals surface area contributed by atoms with Crippen molar-refractivity contribution in [3.8, 4) is 0 Å². The third-order valence-electron chi connectivity index (χ3n) is 7.40. The van der Waals surface area contributed by atoms with E-state index in [1.807, 2.05) is 56.3 Å². The Hall–Kier alpha value is -3.35. The molecular weight excluding hydrogens is 450 g/mol. The van der Waals surface area contributed by atoms with Crippen LogP contribution in [-0.2, 0) is 17.7 Å². The summed E-state index contributed by atoms with van der Waals surface area (Å²) in [6.45, 7) is 6.39. The molecule has 1 aromatic carbocycles. The number of carbonyl (C=O) groups is 1. The molecule has 3 aromatic heterocycles. The average Bonchev–Trinajstić information content (AvgIpc) is 3.49. The molecule has 1 aliphatic rings. The number of nitrogens with one attached hydrogen (secondary N) is 2. The van der Waals surface area contributed by atoms with Gasteiger partial charge in [0, 0.05) is 29.1 Å². The Labute approximate surface area is 212 Å². The second-order valence-electron chi connectivity index (χ2n) is 11.1. The van der Waals surface area contributed by atoms with Crippen molar-refractivity contribution >= 4 is 28.0 Å². The fourth-order valence-electron chi connectivity index (χ4n) is 5.73. The number of carbonyl (C=O) groups excluding carboxylic acids is 1.